The first-order valence-electron chi connectivity index (χ1n) is 7.91. The lowest BCUT2D eigenvalue weighted by atomic mass is 10.0. The van der Waals surface area contributed by atoms with Crippen molar-refractivity contribution in [3.63, 3.8) is 0 Å². The molecule has 1 amide bonds. The Labute approximate surface area is 135 Å². The van der Waals surface area contributed by atoms with E-state index in [1.807, 2.05) is 12.1 Å². The number of nitrogens with one attached hydrogen (secondary N) is 1. The van der Waals surface area contributed by atoms with E-state index in [0.717, 1.165) is 18.4 Å². The minimum atomic E-state index is -0.404. The van der Waals surface area contributed by atoms with Crippen LogP contribution in [0.3, 0.4) is 0 Å². The molecule has 6 nitrogen and oxygen atoms in total. The summed E-state index contributed by atoms with van der Waals surface area (Å²) in [7, 11) is 0. The van der Waals surface area contributed by atoms with Crippen LogP contribution in [0.1, 0.15) is 43.8 Å². The van der Waals surface area contributed by atoms with Gasteiger partial charge in [-0.2, -0.15) is 10.2 Å². The van der Waals surface area contributed by atoms with Crippen molar-refractivity contribution < 1.29 is 9.53 Å². The van der Waals surface area contributed by atoms with Gasteiger partial charge in [0.2, 0.25) is 5.91 Å². The van der Waals surface area contributed by atoms with Crippen LogP contribution in [0.4, 0.5) is 0 Å². The summed E-state index contributed by atoms with van der Waals surface area (Å²) in [5, 5.41) is 11.2. The molecule has 23 heavy (non-hydrogen) atoms. The first-order chi connectivity index (χ1) is 11.2. The average molecular weight is 312 g/mol. The Morgan fingerprint density at radius 2 is 2.35 bits per heavy atom. The quantitative estimate of drug-likeness (QED) is 0.785. The molecule has 0 aliphatic carbocycles. The Morgan fingerprint density at radius 3 is 3.04 bits per heavy atom. The van der Waals surface area contributed by atoms with Gasteiger partial charge in [0.1, 0.15) is 6.10 Å². The van der Waals surface area contributed by atoms with Gasteiger partial charge in [-0.15, -0.1) is 12.3 Å². The fraction of sp³-hybridized carbons (Fsp3) is 0.529. The lowest BCUT2D eigenvalue weighted by Gasteiger charge is -2.20. The summed E-state index contributed by atoms with van der Waals surface area (Å²) < 4.78 is 5.75. The highest BCUT2D eigenvalue weighted by Gasteiger charge is 2.39. The van der Waals surface area contributed by atoms with Crippen LogP contribution < -0.4 is 5.32 Å². The maximum absolute atomic E-state index is 12.2. The highest BCUT2D eigenvalue weighted by Crippen LogP contribution is 2.37. The smallest absolute Gasteiger partial charge is 0.220 e. The van der Waals surface area contributed by atoms with Crippen LogP contribution in [0.5, 0.6) is 0 Å². The molecule has 2 atom stereocenters. The van der Waals surface area contributed by atoms with Gasteiger partial charge in [0.15, 0.2) is 5.66 Å². The molecule has 120 valence electrons. The van der Waals surface area contributed by atoms with Gasteiger partial charge in [-0.3, -0.25) is 9.78 Å². The minimum absolute atomic E-state index is 0.00627. The number of carbonyl (C=O) groups excluding carboxylic acids is 1. The molecule has 2 aliphatic heterocycles. The van der Waals surface area contributed by atoms with E-state index in [4.69, 9.17) is 11.2 Å². The van der Waals surface area contributed by atoms with E-state index < -0.39 is 5.66 Å². The molecular formula is C17H20N4O2. The number of rotatable bonds is 7. The van der Waals surface area contributed by atoms with Crippen LogP contribution in [0.25, 0.3) is 0 Å². The van der Waals surface area contributed by atoms with Crippen LogP contribution in [0, 0.1) is 12.3 Å². The lowest BCUT2D eigenvalue weighted by Crippen LogP contribution is -2.37. The summed E-state index contributed by atoms with van der Waals surface area (Å²) in [6.45, 7) is 0.640. The molecule has 1 N–H and O–H groups in total. The SMILES string of the molecule is C#CCCC1(CCC(=O)N[C@@H]2CCO[C@H]2c2cccnc2)N=N1. The second kappa shape index (κ2) is 6.88. The fourth-order valence-electron chi connectivity index (χ4n) is 2.87. The number of nitrogens with zero attached hydrogens (tertiary/aromatic N) is 3. The third kappa shape index (κ3) is 3.93. The molecule has 0 aromatic carbocycles. The summed E-state index contributed by atoms with van der Waals surface area (Å²) in [4.78, 5) is 16.3. The molecule has 1 fully saturated rings. The Morgan fingerprint density at radius 1 is 1.48 bits per heavy atom. The van der Waals surface area contributed by atoms with Crippen LogP contribution >= 0.6 is 0 Å². The van der Waals surface area contributed by atoms with Gasteiger partial charge < -0.3 is 10.1 Å². The van der Waals surface area contributed by atoms with Gasteiger partial charge in [-0.05, 0) is 12.5 Å². The molecule has 3 heterocycles. The van der Waals surface area contributed by atoms with Gasteiger partial charge in [-0.25, -0.2) is 0 Å². The maximum atomic E-state index is 12.2. The number of aromatic nitrogens is 1. The predicted molar refractivity (Wildman–Crippen MR) is 84.4 cm³/mol. The standard InChI is InChI=1S/C17H20N4O2/c1-2-3-8-17(20-21-17)9-6-15(22)19-14-7-11-23-16(14)13-5-4-10-18-12-13/h1,4-5,10,12,14,16H,3,6-9,11H2,(H,19,22)/t14-,16+/m1/s1. The summed E-state index contributed by atoms with van der Waals surface area (Å²) in [6, 6.07) is 3.83. The van der Waals surface area contributed by atoms with E-state index in [1.165, 1.54) is 0 Å². The second-order valence-corrected chi connectivity index (χ2v) is 5.93. The van der Waals surface area contributed by atoms with E-state index in [0.29, 0.717) is 25.9 Å². The molecular weight excluding hydrogens is 292 g/mol. The van der Waals surface area contributed by atoms with E-state index in [-0.39, 0.29) is 18.1 Å². The van der Waals surface area contributed by atoms with Gasteiger partial charge >= 0.3 is 0 Å². The van der Waals surface area contributed by atoms with Crippen molar-refractivity contribution in [3.8, 4) is 12.3 Å². The Kier molecular flexibility index (Phi) is 4.68. The molecule has 1 aromatic rings. The summed E-state index contributed by atoms with van der Waals surface area (Å²) in [6.07, 6.45) is 11.8. The van der Waals surface area contributed by atoms with Crippen LogP contribution in [-0.4, -0.2) is 29.2 Å². The number of amides is 1. The zero-order valence-corrected chi connectivity index (χ0v) is 12.9. The third-order valence-electron chi connectivity index (χ3n) is 4.26. The molecule has 0 radical (unpaired) electrons. The van der Waals surface area contributed by atoms with Crippen molar-refractivity contribution in [2.45, 2.75) is 49.9 Å². The van der Waals surface area contributed by atoms with E-state index in [9.17, 15) is 4.79 Å². The molecule has 6 heteroatoms. The monoisotopic (exact) mass is 312 g/mol. The van der Waals surface area contributed by atoms with Gasteiger partial charge in [0, 0.05) is 50.2 Å². The zero-order valence-electron chi connectivity index (χ0n) is 12.9. The Hall–Kier alpha value is -2.26. The third-order valence-corrected chi connectivity index (χ3v) is 4.26. The normalized spacial score (nSPS) is 24.1. The van der Waals surface area contributed by atoms with Gasteiger partial charge in [0.25, 0.3) is 0 Å². The van der Waals surface area contributed by atoms with Crippen molar-refractivity contribution >= 4 is 5.91 Å². The molecule has 0 saturated carbocycles. The molecule has 1 aromatic heterocycles. The molecule has 2 aliphatic rings. The number of ether oxygens (including phenoxy) is 1. The number of carbonyl (C=O) groups is 1. The average Bonchev–Trinajstić information content (AvgIpc) is 3.21. The first-order valence-corrected chi connectivity index (χ1v) is 7.91. The Balaban J connectivity index is 1.49. The van der Waals surface area contributed by atoms with Crippen molar-refractivity contribution in [2.24, 2.45) is 10.2 Å². The van der Waals surface area contributed by atoms with Crippen molar-refractivity contribution in [1.29, 1.82) is 0 Å². The molecule has 1 saturated heterocycles. The van der Waals surface area contributed by atoms with Crippen LogP contribution in [0.2, 0.25) is 0 Å². The van der Waals surface area contributed by atoms with Crippen molar-refractivity contribution in [1.82, 2.24) is 10.3 Å². The topological polar surface area (TPSA) is 75.9 Å². The maximum Gasteiger partial charge on any atom is 0.220 e. The highest BCUT2D eigenvalue weighted by atomic mass is 16.5. The molecule has 0 bridgehead atoms. The number of pyridine rings is 1. The van der Waals surface area contributed by atoms with Crippen LogP contribution in [0.15, 0.2) is 34.8 Å². The zero-order chi connectivity index (χ0) is 16.1. The molecule has 0 unspecified atom stereocenters. The summed E-state index contributed by atoms with van der Waals surface area (Å²) in [5.74, 6) is 2.60. The van der Waals surface area contributed by atoms with Crippen LogP contribution in [-0.2, 0) is 9.53 Å². The van der Waals surface area contributed by atoms with E-state index in [1.54, 1.807) is 12.4 Å². The summed E-state index contributed by atoms with van der Waals surface area (Å²) in [5.41, 5.74) is 0.589. The Bertz CT molecular complexity index is 617. The number of hydrogen-bond acceptors (Lipinski definition) is 5. The van der Waals surface area contributed by atoms with Gasteiger partial charge in [0.05, 0.1) is 6.04 Å². The molecule has 0 spiro atoms. The number of terminal acetylenes is 1. The number of hydrogen-bond donors (Lipinski definition) is 1. The summed E-state index contributed by atoms with van der Waals surface area (Å²) >= 11 is 0. The lowest BCUT2D eigenvalue weighted by molar-refractivity contribution is -0.122. The first kappa shape index (κ1) is 15.6. The van der Waals surface area contributed by atoms with Crippen molar-refractivity contribution in [2.75, 3.05) is 6.61 Å². The van der Waals surface area contributed by atoms with Crippen molar-refractivity contribution in [3.05, 3.63) is 30.1 Å². The van der Waals surface area contributed by atoms with Gasteiger partial charge in [-0.1, -0.05) is 6.07 Å². The highest BCUT2D eigenvalue weighted by molar-refractivity contribution is 5.76. The predicted octanol–water partition coefficient (Wildman–Crippen LogP) is 2.38. The fourth-order valence-corrected chi connectivity index (χ4v) is 2.87. The minimum Gasteiger partial charge on any atom is -0.371 e. The largest absolute Gasteiger partial charge is 0.371 e. The second-order valence-electron chi connectivity index (χ2n) is 5.93. The van der Waals surface area contributed by atoms with E-state index in [2.05, 4.69) is 26.4 Å². The molecule has 3 rings (SSSR count). The van der Waals surface area contributed by atoms with E-state index >= 15 is 0 Å².